The van der Waals surface area contributed by atoms with Gasteiger partial charge in [0.1, 0.15) is 11.5 Å². The van der Waals surface area contributed by atoms with E-state index in [1.54, 1.807) is 41.0 Å². The normalized spacial score (nSPS) is 17.5. The zero-order chi connectivity index (χ0) is 19.8. The molecule has 0 N–H and O–H groups in total. The van der Waals surface area contributed by atoms with Crippen LogP contribution in [-0.4, -0.2) is 84.7 Å². The van der Waals surface area contributed by atoms with Crippen LogP contribution in [0.4, 0.5) is 4.79 Å². The molecule has 0 bridgehead atoms. The number of aryl methyl sites for hydroxylation is 1. The molecule has 2 aliphatic rings. The lowest BCUT2D eigenvalue weighted by Crippen LogP contribution is -2.44. The number of hydrogen-bond donors (Lipinski definition) is 0. The average Bonchev–Trinajstić information content (AvgIpc) is 3.32. The maximum Gasteiger partial charge on any atom is 0.319 e. The first kappa shape index (κ1) is 18.5. The van der Waals surface area contributed by atoms with E-state index in [0.717, 1.165) is 37.6 Å². The van der Waals surface area contributed by atoms with Gasteiger partial charge in [0.2, 0.25) is 0 Å². The molecule has 150 valence electrons. The number of rotatable bonds is 2. The van der Waals surface area contributed by atoms with Gasteiger partial charge in [-0.25, -0.2) is 9.78 Å². The molecule has 1 fully saturated rings. The summed E-state index contributed by atoms with van der Waals surface area (Å²) in [7, 11) is 5.38. The summed E-state index contributed by atoms with van der Waals surface area (Å²) in [5, 5.41) is 8.80. The monoisotopic (exact) mass is 386 g/mol. The Labute approximate surface area is 163 Å². The Morgan fingerprint density at radius 2 is 1.82 bits per heavy atom. The molecular weight excluding hydrogens is 360 g/mol. The molecule has 0 atom stereocenters. The van der Waals surface area contributed by atoms with Gasteiger partial charge in [0, 0.05) is 53.2 Å². The number of likely N-dealkylation sites (tertiary alicyclic amines) is 1. The topological polar surface area (TPSA) is 92.4 Å². The van der Waals surface area contributed by atoms with Crippen LogP contribution in [0.5, 0.6) is 0 Å². The number of nitrogens with zero attached hydrogens (tertiary/aromatic N) is 8. The van der Waals surface area contributed by atoms with E-state index in [2.05, 4.69) is 19.7 Å². The summed E-state index contributed by atoms with van der Waals surface area (Å²) in [5.41, 5.74) is 0.575. The van der Waals surface area contributed by atoms with E-state index in [4.69, 9.17) is 0 Å². The van der Waals surface area contributed by atoms with E-state index in [9.17, 15) is 9.59 Å². The van der Waals surface area contributed by atoms with Gasteiger partial charge in [-0.3, -0.25) is 4.79 Å². The predicted octanol–water partition coefficient (Wildman–Crippen LogP) is 0.529. The molecule has 0 unspecified atom stereocenters. The Morgan fingerprint density at radius 3 is 2.46 bits per heavy atom. The van der Waals surface area contributed by atoms with Crippen LogP contribution in [0.1, 0.15) is 40.9 Å². The molecule has 10 nitrogen and oxygen atoms in total. The summed E-state index contributed by atoms with van der Waals surface area (Å²) in [5.74, 6) is 2.07. The maximum absolute atomic E-state index is 12.7. The summed E-state index contributed by atoms with van der Waals surface area (Å²) < 4.78 is 3.89. The van der Waals surface area contributed by atoms with Gasteiger partial charge in [0.15, 0.2) is 5.82 Å². The summed E-state index contributed by atoms with van der Waals surface area (Å²) in [4.78, 5) is 34.2. The lowest BCUT2D eigenvalue weighted by Gasteiger charge is -2.34. The van der Waals surface area contributed by atoms with Gasteiger partial charge >= 0.3 is 6.03 Å². The molecule has 2 aromatic heterocycles. The summed E-state index contributed by atoms with van der Waals surface area (Å²) in [6.45, 7) is 3.23. The van der Waals surface area contributed by atoms with Crippen molar-refractivity contribution in [2.45, 2.75) is 31.8 Å². The van der Waals surface area contributed by atoms with Crippen molar-refractivity contribution in [1.82, 2.24) is 39.0 Å². The number of piperidine rings is 1. The van der Waals surface area contributed by atoms with Gasteiger partial charge in [0.25, 0.3) is 5.91 Å². The molecular formula is C18H26N8O2. The van der Waals surface area contributed by atoms with Gasteiger partial charge in [-0.1, -0.05) is 0 Å². The fraction of sp³-hybridized carbons (Fsp3) is 0.611. The largest absolute Gasteiger partial charge is 0.331 e. The highest BCUT2D eigenvalue weighted by Crippen LogP contribution is 2.29. The summed E-state index contributed by atoms with van der Waals surface area (Å²) in [6, 6.07) is 0.0611. The smallest absolute Gasteiger partial charge is 0.319 e. The number of hydrogen-bond acceptors (Lipinski definition) is 5. The molecule has 2 aromatic rings. The fourth-order valence-corrected chi connectivity index (χ4v) is 3.99. The molecule has 0 radical (unpaired) electrons. The fourth-order valence-electron chi connectivity index (χ4n) is 3.99. The van der Waals surface area contributed by atoms with Crippen molar-refractivity contribution >= 4 is 11.9 Å². The van der Waals surface area contributed by atoms with E-state index in [0.29, 0.717) is 31.2 Å². The van der Waals surface area contributed by atoms with Crippen LogP contribution in [0, 0.1) is 0 Å². The SMILES string of the molecule is CN(C)C(=O)N1CCC(c2nnc3n2CCN(C(=O)c2cncn2C)C3)CC1. The maximum atomic E-state index is 12.7. The third-order valence-electron chi connectivity index (χ3n) is 5.62. The quantitative estimate of drug-likeness (QED) is 0.751. The summed E-state index contributed by atoms with van der Waals surface area (Å²) in [6.07, 6.45) is 4.99. The predicted molar refractivity (Wildman–Crippen MR) is 101 cm³/mol. The number of aromatic nitrogens is 5. The third-order valence-corrected chi connectivity index (χ3v) is 5.62. The summed E-state index contributed by atoms with van der Waals surface area (Å²) >= 11 is 0. The minimum atomic E-state index is -0.0358. The Hall–Kier alpha value is -2.91. The van der Waals surface area contributed by atoms with Crippen molar-refractivity contribution in [3.05, 3.63) is 29.9 Å². The van der Waals surface area contributed by atoms with Crippen LogP contribution in [0.25, 0.3) is 0 Å². The van der Waals surface area contributed by atoms with Crippen LogP contribution in [-0.2, 0) is 20.1 Å². The van der Waals surface area contributed by atoms with Crippen LogP contribution in [0.15, 0.2) is 12.5 Å². The molecule has 10 heteroatoms. The Kier molecular flexibility index (Phi) is 4.78. The van der Waals surface area contributed by atoms with Crippen LogP contribution >= 0.6 is 0 Å². The molecule has 4 heterocycles. The van der Waals surface area contributed by atoms with Crippen molar-refractivity contribution < 1.29 is 9.59 Å². The molecule has 0 saturated carbocycles. The Balaban J connectivity index is 1.43. The van der Waals surface area contributed by atoms with Gasteiger partial charge in [-0.15, -0.1) is 10.2 Å². The van der Waals surface area contributed by atoms with E-state index >= 15 is 0 Å². The first-order chi connectivity index (χ1) is 13.5. The molecule has 0 spiro atoms. The highest BCUT2D eigenvalue weighted by molar-refractivity contribution is 5.92. The van der Waals surface area contributed by atoms with Gasteiger partial charge < -0.3 is 23.8 Å². The van der Waals surface area contributed by atoms with Crippen LogP contribution in [0.3, 0.4) is 0 Å². The van der Waals surface area contributed by atoms with Crippen molar-refractivity contribution in [3.63, 3.8) is 0 Å². The van der Waals surface area contributed by atoms with Crippen molar-refractivity contribution in [1.29, 1.82) is 0 Å². The second-order valence-corrected chi connectivity index (χ2v) is 7.68. The lowest BCUT2D eigenvalue weighted by molar-refractivity contribution is 0.0696. The van der Waals surface area contributed by atoms with Crippen LogP contribution in [0.2, 0.25) is 0 Å². The number of carbonyl (C=O) groups excluding carboxylic acids is 2. The highest BCUT2D eigenvalue weighted by Gasteiger charge is 2.31. The van der Waals surface area contributed by atoms with Gasteiger partial charge in [-0.2, -0.15) is 0 Å². The second-order valence-electron chi connectivity index (χ2n) is 7.68. The third kappa shape index (κ3) is 3.23. The molecule has 4 rings (SSSR count). The minimum absolute atomic E-state index is 0.0358. The Morgan fingerprint density at radius 1 is 1.07 bits per heavy atom. The zero-order valence-electron chi connectivity index (χ0n) is 16.6. The average molecular weight is 386 g/mol. The molecule has 1 saturated heterocycles. The second kappa shape index (κ2) is 7.25. The van der Waals surface area contributed by atoms with Crippen LogP contribution < -0.4 is 0 Å². The van der Waals surface area contributed by atoms with E-state index in [-0.39, 0.29) is 11.9 Å². The standard InChI is InChI=1S/C18H26N8O2/c1-22(2)18(28)24-6-4-13(5-7-24)16-21-20-15-11-25(8-9-26(15)16)17(27)14-10-19-12-23(14)3/h10,12-13H,4-9,11H2,1-3H3. The van der Waals surface area contributed by atoms with E-state index < -0.39 is 0 Å². The van der Waals surface area contributed by atoms with Crippen molar-refractivity contribution in [2.24, 2.45) is 7.05 Å². The van der Waals surface area contributed by atoms with Crippen molar-refractivity contribution in [3.8, 4) is 0 Å². The van der Waals surface area contributed by atoms with E-state index in [1.165, 1.54) is 0 Å². The number of fused-ring (bicyclic) bond motifs is 1. The lowest BCUT2D eigenvalue weighted by atomic mass is 9.96. The van der Waals surface area contributed by atoms with Gasteiger partial charge in [-0.05, 0) is 12.8 Å². The first-order valence-electron chi connectivity index (χ1n) is 9.59. The highest BCUT2D eigenvalue weighted by atomic mass is 16.2. The number of carbonyl (C=O) groups is 2. The van der Waals surface area contributed by atoms with Crippen molar-refractivity contribution in [2.75, 3.05) is 33.7 Å². The molecule has 0 aromatic carbocycles. The number of amides is 3. The number of imidazole rings is 1. The Bertz CT molecular complexity index is 878. The van der Waals surface area contributed by atoms with Gasteiger partial charge in [0.05, 0.1) is 19.1 Å². The molecule has 3 amide bonds. The minimum Gasteiger partial charge on any atom is -0.331 e. The molecule has 2 aliphatic heterocycles. The zero-order valence-corrected chi connectivity index (χ0v) is 16.6. The molecule has 28 heavy (non-hydrogen) atoms. The molecule has 0 aliphatic carbocycles. The first-order valence-corrected chi connectivity index (χ1v) is 9.59. The van der Waals surface area contributed by atoms with E-state index in [1.807, 2.05) is 11.9 Å². The number of urea groups is 1.